The van der Waals surface area contributed by atoms with Gasteiger partial charge in [-0.3, -0.25) is 9.59 Å². The van der Waals surface area contributed by atoms with Crippen LogP contribution in [0.3, 0.4) is 0 Å². The van der Waals surface area contributed by atoms with Gasteiger partial charge in [-0.2, -0.15) is 0 Å². The average molecular weight is 393 g/mol. The molecule has 0 aromatic heterocycles. The van der Waals surface area contributed by atoms with Gasteiger partial charge < -0.3 is 10.1 Å². The number of imide groups is 1. The number of benzene rings is 2. The Hall–Kier alpha value is -2.99. The van der Waals surface area contributed by atoms with E-state index in [1.807, 2.05) is 42.6 Å². The number of hydrogen-bond donors (Lipinski definition) is 1. The summed E-state index contributed by atoms with van der Waals surface area (Å²) >= 11 is 0. The molecule has 29 heavy (non-hydrogen) atoms. The summed E-state index contributed by atoms with van der Waals surface area (Å²) in [5.74, 6) is -2.46. The van der Waals surface area contributed by atoms with Crippen LogP contribution in [0.15, 0.2) is 54.6 Å². The number of hydrogen-bond acceptors (Lipinski definition) is 4. The van der Waals surface area contributed by atoms with Gasteiger partial charge in [0.05, 0.1) is 12.3 Å². The first-order chi connectivity index (χ1) is 13.9. The summed E-state index contributed by atoms with van der Waals surface area (Å²) in [6, 6.07) is 16.4. The van der Waals surface area contributed by atoms with Crippen LogP contribution < -0.4 is 10.2 Å². The molecular formula is C23H25N2O4+. The van der Waals surface area contributed by atoms with E-state index in [0.29, 0.717) is 5.69 Å². The quantitative estimate of drug-likeness (QED) is 0.634. The molecule has 4 rings (SSSR count). The summed E-state index contributed by atoms with van der Waals surface area (Å²) in [6.45, 7) is 5.67. The highest BCUT2D eigenvalue weighted by Crippen LogP contribution is 2.45. The minimum atomic E-state index is -1.16. The molecule has 6 heteroatoms. The predicted octanol–water partition coefficient (Wildman–Crippen LogP) is 1.74. The van der Waals surface area contributed by atoms with Crippen molar-refractivity contribution in [2.75, 3.05) is 11.5 Å². The van der Waals surface area contributed by atoms with Crippen molar-refractivity contribution in [3.8, 4) is 0 Å². The Morgan fingerprint density at radius 3 is 2.48 bits per heavy atom. The zero-order valence-electron chi connectivity index (χ0n) is 16.8. The van der Waals surface area contributed by atoms with Crippen molar-refractivity contribution in [1.29, 1.82) is 0 Å². The van der Waals surface area contributed by atoms with Gasteiger partial charge in [-0.15, -0.1) is 0 Å². The summed E-state index contributed by atoms with van der Waals surface area (Å²) in [6.07, 6.45) is 0. The van der Waals surface area contributed by atoms with Gasteiger partial charge in [0.2, 0.25) is 17.4 Å². The molecule has 0 radical (unpaired) electrons. The number of para-hydroxylation sites is 1. The standard InChI is InChI=1S/C23H24N2O4/c1-4-29-22(28)23(3)18-17(19(24-23)15-10-8-9-14(2)13-15)20(26)25(21(18)27)16-11-6-5-7-12-16/h5-13,17-19,24H,4H2,1-3H3/p+1/t17-,18-,19-,23-/m0/s1. The summed E-state index contributed by atoms with van der Waals surface area (Å²) in [7, 11) is 0. The first-order valence-electron chi connectivity index (χ1n) is 9.91. The van der Waals surface area contributed by atoms with E-state index in [1.54, 1.807) is 38.1 Å². The second-order valence-electron chi connectivity index (χ2n) is 7.96. The van der Waals surface area contributed by atoms with Gasteiger partial charge in [0.1, 0.15) is 17.9 Å². The number of quaternary nitrogens is 1. The van der Waals surface area contributed by atoms with Crippen LogP contribution in [0.4, 0.5) is 5.69 Å². The molecule has 2 aromatic rings. The Balaban J connectivity index is 1.82. The number of rotatable bonds is 4. The fourth-order valence-electron chi connectivity index (χ4n) is 4.76. The maximum Gasteiger partial charge on any atom is 0.368 e. The molecule has 2 N–H and O–H groups in total. The van der Waals surface area contributed by atoms with Crippen LogP contribution in [0.25, 0.3) is 0 Å². The normalized spacial score (nSPS) is 28.5. The van der Waals surface area contributed by atoms with E-state index in [0.717, 1.165) is 11.1 Å². The van der Waals surface area contributed by atoms with Crippen molar-refractivity contribution in [2.45, 2.75) is 32.4 Å². The van der Waals surface area contributed by atoms with Crippen LogP contribution in [-0.2, 0) is 19.1 Å². The smallest absolute Gasteiger partial charge is 0.368 e. The van der Waals surface area contributed by atoms with Crippen LogP contribution in [0.5, 0.6) is 0 Å². The summed E-state index contributed by atoms with van der Waals surface area (Å²) in [5, 5.41) is 1.85. The molecule has 0 bridgehead atoms. The number of nitrogens with zero attached hydrogens (tertiary/aromatic N) is 1. The van der Waals surface area contributed by atoms with Gasteiger partial charge >= 0.3 is 5.97 Å². The maximum absolute atomic E-state index is 13.5. The molecule has 2 amide bonds. The van der Waals surface area contributed by atoms with Gasteiger partial charge in [-0.05, 0) is 26.0 Å². The molecule has 0 aliphatic carbocycles. The Morgan fingerprint density at radius 1 is 1.10 bits per heavy atom. The molecule has 2 heterocycles. The highest BCUT2D eigenvalue weighted by molar-refractivity contribution is 6.23. The molecule has 2 aliphatic heterocycles. The van der Waals surface area contributed by atoms with Crippen molar-refractivity contribution in [2.24, 2.45) is 11.8 Å². The van der Waals surface area contributed by atoms with Crippen molar-refractivity contribution < 1.29 is 24.4 Å². The monoisotopic (exact) mass is 393 g/mol. The first kappa shape index (κ1) is 19.3. The zero-order valence-corrected chi connectivity index (χ0v) is 16.8. The van der Waals surface area contributed by atoms with Gasteiger partial charge in [0.25, 0.3) is 0 Å². The number of anilines is 1. The molecule has 0 saturated carbocycles. The minimum Gasteiger partial charge on any atom is -0.461 e. The third kappa shape index (κ3) is 2.95. The molecule has 2 aromatic carbocycles. The van der Waals surface area contributed by atoms with Crippen molar-refractivity contribution in [3.63, 3.8) is 0 Å². The first-order valence-corrected chi connectivity index (χ1v) is 9.91. The Kier molecular flexibility index (Phi) is 4.74. The number of amides is 2. The molecule has 0 unspecified atom stereocenters. The highest BCUT2D eigenvalue weighted by Gasteiger charge is 2.70. The predicted molar refractivity (Wildman–Crippen MR) is 107 cm³/mol. The van der Waals surface area contributed by atoms with E-state index in [9.17, 15) is 14.4 Å². The summed E-state index contributed by atoms with van der Waals surface area (Å²) in [4.78, 5) is 41.1. The van der Waals surface area contributed by atoms with Crippen molar-refractivity contribution in [3.05, 3.63) is 65.7 Å². The number of carbonyl (C=O) groups excluding carboxylic acids is 3. The van der Waals surface area contributed by atoms with Crippen LogP contribution >= 0.6 is 0 Å². The van der Waals surface area contributed by atoms with Gasteiger partial charge in [0, 0.05) is 12.5 Å². The van der Waals surface area contributed by atoms with Crippen LogP contribution in [0.2, 0.25) is 0 Å². The van der Waals surface area contributed by atoms with E-state index in [2.05, 4.69) is 0 Å². The minimum absolute atomic E-state index is 0.222. The highest BCUT2D eigenvalue weighted by atomic mass is 16.5. The molecule has 2 aliphatic rings. The number of ether oxygens (including phenoxy) is 1. The van der Waals surface area contributed by atoms with Crippen LogP contribution in [0.1, 0.15) is 31.0 Å². The fourth-order valence-corrected chi connectivity index (χ4v) is 4.76. The molecule has 4 atom stereocenters. The number of nitrogens with two attached hydrogens (primary N) is 1. The van der Waals surface area contributed by atoms with Crippen molar-refractivity contribution >= 4 is 23.5 Å². The lowest BCUT2D eigenvalue weighted by atomic mass is 9.80. The van der Waals surface area contributed by atoms with Crippen LogP contribution in [0, 0.1) is 18.8 Å². The second kappa shape index (κ2) is 7.12. The molecular weight excluding hydrogens is 368 g/mol. The molecule has 2 saturated heterocycles. The van der Waals surface area contributed by atoms with E-state index in [1.165, 1.54) is 4.90 Å². The zero-order chi connectivity index (χ0) is 20.8. The summed E-state index contributed by atoms with van der Waals surface area (Å²) < 4.78 is 5.32. The lowest BCUT2D eigenvalue weighted by Gasteiger charge is -2.26. The lowest BCUT2D eigenvalue weighted by Crippen LogP contribution is -2.97. The van der Waals surface area contributed by atoms with E-state index in [4.69, 9.17) is 4.74 Å². The summed E-state index contributed by atoms with van der Waals surface area (Å²) in [5.41, 5.74) is 1.37. The van der Waals surface area contributed by atoms with E-state index < -0.39 is 23.3 Å². The largest absolute Gasteiger partial charge is 0.461 e. The molecule has 6 nitrogen and oxygen atoms in total. The van der Waals surface area contributed by atoms with Crippen LogP contribution in [-0.4, -0.2) is 29.9 Å². The number of esters is 1. The SMILES string of the molecule is CCOC(=O)[C@@]1(C)[NH2+][C@@H](c2cccc(C)c2)[C@H]2C(=O)N(c3ccccc3)C(=O)[C@H]21. The Bertz CT molecular complexity index is 974. The molecule has 150 valence electrons. The van der Waals surface area contributed by atoms with E-state index in [-0.39, 0.29) is 24.5 Å². The molecule has 2 fully saturated rings. The number of aryl methyl sites for hydroxylation is 1. The number of carbonyl (C=O) groups is 3. The topological polar surface area (TPSA) is 80.3 Å². The second-order valence-corrected chi connectivity index (χ2v) is 7.96. The van der Waals surface area contributed by atoms with Gasteiger partial charge in [0.15, 0.2) is 0 Å². The third-order valence-corrected chi connectivity index (χ3v) is 6.07. The maximum atomic E-state index is 13.5. The lowest BCUT2D eigenvalue weighted by molar-refractivity contribution is -0.731. The third-order valence-electron chi connectivity index (χ3n) is 6.07. The fraction of sp³-hybridized carbons (Fsp3) is 0.348. The average Bonchev–Trinajstić information content (AvgIpc) is 3.17. The van der Waals surface area contributed by atoms with Gasteiger partial charge in [-0.25, -0.2) is 9.69 Å². The Labute approximate surface area is 169 Å². The van der Waals surface area contributed by atoms with E-state index >= 15 is 0 Å². The molecule has 0 spiro atoms. The van der Waals surface area contributed by atoms with Crippen molar-refractivity contribution in [1.82, 2.24) is 0 Å². The number of fused-ring (bicyclic) bond motifs is 1. The Morgan fingerprint density at radius 2 is 1.83 bits per heavy atom. The van der Waals surface area contributed by atoms with Gasteiger partial charge in [-0.1, -0.05) is 48.0 Å².